The Labute approximate surface area is 173 Å². The average Bonchev–Trinajstić information content (AvgIpc) is 3.46. The molecule has 0 spiro atoms. The minimum absolute atomic E-state index is 0.0562. The maximum atomic E-state index is 13.4. The first kappa shape index (κ1) is 19.6. The molecule has 29 heavy (non-hydrogen) atoms. The van der Waals surface area contributed by atoms with Crippen molar-refractivity contribution in [3.63, 3.8) is 0 Å². The SMILES string of the molecule is [C-]#[N+]C(C(=O)[C@H]1CN(c2cnn(C)c2)C(=O)[C@@H]1Cc1ccccc1)=S1CCCC1. The largest absolute Gasteiger partial charge is 0.309 e. The molecule has 0 saturated carbocycles. The van der Waals surface area contributed by atoms with Crippen molar-refractivity contribution in [3.8, 4) is 0 Å². The van der Waals surface area contributed by atoms with E-state index in [0.717, 1.165) is 29.9 Å². The standard InChI is InChI=1S/C22H24N4O2S/c1-23-21(29-10-6-7-11-29)20(27)19-15-26(17-13-24-25(2)14-17)22(28)18(19)12-16-8-4-3-5-9-16/h3-5,8-9,13-14,18-19H,6-7,10-12,15H2,2H3/t18-,19+/m1/s1. The number of anilines is 1. The van der Waals surface area contributed by atoms with Crippen LogP contribution in [0.1, 0.15) is 18.4 Å². The molecule has 0 radical (unpaired) electrons. The quantitative estimate of drug-likeness (QED) is 0.565. The van der Waals surface area contributed by atoms with E-state index in [1.54, 1.807) is 29.0 Å². The van der Waals surface area contributed by atoms with E-state index >= 15 is 0 Å². The molecule has 0 unspecified atom stereocenters. The van der Waals surface area contributed by atoms with Gasteiger partial charge in [-0.2, -0.15) is 15.6 Å². The van der Waals surface area contributed by atoms with E-state index in [9.17, 15) is 9.59 Å². The van der Waals surface area contributed by atoms with Crippen molar-refractivity contribution in [1.29, 1.82) is 0 Å². The van der Waals surface area contributed by atoms with Crippen LogP contribution in [0.2, 0.25) is 0 Å². The normalized spacial score (nSPS) is 22.1. The molecule has 1 amide bonds. The lowest BCUT2D eigenvalue weighted by Gasteiger charge is -2.16. The Balaban J connectivity index is 1.68. The summed E-state index contributed by atoms with van der Waals surface area (Å²) in [5.74, 6) is 0.748. The summed E-state index contributed by atoms with van der Waals surface area (Å²) in [5.41, 5.74) is 1.74. The minimum Gasteiger partial charge on any atom is -0.309 e. The first-order chi connectivity index (χ1) is 14.1. The molecule has 1 aromatic carbocycles. The van der Waals surface area contributed by atoms with Gasteiger partial charge in [0.15, 0.2) is 5.78 Å². The van der Waals surface area contributed by atoms with Gasteiger partial charge in [0.25, 0.3) is 4.99 Å². The lowest BCUT2D eigenvalue weighted by atomic mass is 9.86. The van der Waals surface area contributed by atoms with Crippen LogP contribution in [-0.4, -0.2) is 44.5 Å². The van der Waals surface area contributed by atoms with E-state index in [2.05, 4.69) is 9.94 Å². The summed E-state index contributed by atoms with van der Waals surface area (Å²) in [6.45, 7) is 7.95. The molecule has 2 atom stereocenters. The highest BCUT2D eigenvalue weighted by Gasteiger charge is 2.46. The lowest BCUT2D eigenvalue weighted by Crippen LogP contribution is -2.30. The number of carbonyl (C=O) groups is 2. The van der Waals surface area contributed by atoms with E-state index in [4.69, 9.17) is 6.57 Å². The number of rotatable bonds is 5. The fourth-order valence-electron chi connectivity index (χ4n) is 4.20. The van der Waals surface area contributed by atoms with Gasteiger partial charge >= 0.3 is 0 Å². The number of aryl methyl sites for hydroxylation is 1. The summed E-state index contributed by atoms with van der Waals surface area (Å²) < 4.78 is 1.65. The zero-order valence-electron chi connectivity index (χ0n) is 16.5. The zero-order chi connectivity index (χ0) is 20.4. The van der Waals surface area contributed by atoms with Gasteiger partial charge in [-0.3, -0.25) is 9.48 Å². The summed E-state index contributed by atoms with van der Waals surface area (Å²) in [5, 5.41) is 4.17. The van der Waals surface area contributed by atoms with Crippen molar-refractivity contribution >= 4 is 32.9 Å². The van der Waals surface area contributed by atoms with Crippen LogP contribution in [0.25, 0.3) is 4.85 Å². The van der Waals surface area contributed by atoms with Crippen LogP contribution < -0.4 is 4.90 Å². The number of carbonyl (C=O) groups excluding carboxylic acids is 2. The summed E-state index contributed by atoms with van der Waals surface area (Å²) in [4.78, 5) is 32.5. The smallest absolute Gasteiger partial charge is 0.255 e. The molecule has 150 valence electrons. The Hall–Kier alpha value is -2.72. The van der Waals surface area contributed by atoms with Gasteiger partial charge in [-0.05, 0) is 36.3 Å². The Morgan fingerprint density at radius 1 is 1.28 bits per heavy atom. The summed E-state index contributed by atoms with van der Waals surface area (Å²) >= 11 is 0. The number of aromatic nitrogens is 2. The molecule has 1 aromatic heterocycles. The van der Waals surface area contributed by atoms with Gasteiger partial charge in [0.2, 0.25) is 5.91 Å². The highest BCUT2D eigenvalue weighted by Crippen LogP contribution is 2.35. The van der Waals surface area contributed by atoms with Crippen molar-refractivity contribution in [1.82, 2.24) is 9.78 Å². The van der Waals surface area contributed by atoms with Crippen LogP contribution in [0.3, 0.4) is 0 Å². The van der Waals surface area contributed by atoms with Crippen LogP contribution in [0, 0.1) is 18.4 Å². The van der Waals surface area contributed by atoms with Gasteiger partial charge in [0, 0.05) is 25.7 Å². The highest BCUT2D eigenvalue weighted by atomic mass is 32.2. The number of ketones is 1. The number of hydrogen-bond acceptors (Lipinski definition) is 3. The van der Waals surface area contributed by atoms with Crippen molar-refractivity contribution < 1.29 is 9.59 Å². The molecule has 4 rings (SSSR count). The molecule has 2 aliphatic rings. The monoisotopic (exact) mass is 408 g/mol. The summed E-state index contributed by atoms with van der Waals surface area (Å²) in [6, 6.07) is 9.80. The predicted molar refractivity (Wildman–Crippen MR) is 116 cm³/mol. The Bertz CT molecular complexity index is 997. The van der Waals surface area contributed by atoms with Crippen LogP contribution in [0.4, 0.5) is 5.69 Å². The number of benzene rings is 1. The molecule has 0 aliphatic carbocycles. The van der Waals surface area contributed by atoms with Gasteiger partial charge in [-0.1, -0.05) is 30.3 Å². The number of Topliss-reactive ketones (excluding diaryl/α,β-unsaturated/α-hetero) is 1. The number of nitrogens with zero attached hydrogens (tertiary/aromatic N) is 4. The second-order valence-corrected chi connectivity index (χ2v) is 9.80. The fourth-order valence-corrected chi connectivity index (χ4v) is 6.46. The van der Waals surface area contributed by atoms with Crippen molar-refractivity contribution in [2.45, 2.75) is 19.3 Å². The Morgan fingerprint density at radius 2 is 2.00 bits per heavy atom. The van der Waals surface area contributed by atoms with Crippen molar-refractivity contribution in [3.05, 3.63) is 59.7 Å². The molecule has 7 heteroatoms. The third kappa shape index (κ3) is 3.90. The fraction of sp³-hybridized carbons (Fsp3) is 0.409. The zero-order valence-corrected chi connectivity index (χ0v) is 17.3. The minimum atomic E-state index is -0.486. The van der Waals surface area contributed by atoms with Gasteiger partial charge in [0.05, 0.1) is 24.4 Å². The molecule has 2 aromatic rings. The van der Waals surface area contributed by atoms with Gasteiger partial charge in [-0.25, -0.2) is 4.85 Å². The molecule has 2 fully saturated rings. The topological polar surface area (TPSA) is 59.6 Å². The van der Waals surface area contributed by atoms with Gasteiger partial charge < -0.3 is 9.69 Å². The molecule has 0 bridgehead atoms. The molecular weight excluding hydrogens is 384 g/mol. The van der Waals surface area contributed by atoms with E-state index in [-0.39, 0.29) is 22.2 Å². The van der Waals surface area contributed by atoms with Crippen LogP contribution in [0.5, 0.6) is 0 Å². The number of hydrogen-bond donors (Lipinski definition) is 0. The first-order valence-corrected chi connectivity index (χ1v) is 11.4. The Kier molecular flexibility index (Phi) is 5.63. The van der Waals surface area contributed by atoms with Gasteiger partial charge in [-0.15, -0.1) is 0 Å². The first-order valence-electron chi connectivity index (χ1n) is 9.88. The Morgan fingerprint density at radius 3 is 2.62 bits per heavy atom. The maximum Gasteiger partial charge on any atom is 0.255 e. The maximum absolute atomic E-state index is 13.4. The highest BCUT2D eigenvalue weighted by molar-refractivity contribution is 8.17. The molecule has 2 saturated heterocycles. The van der Waals surface area contributed by atoms with E-state index in [1.807, 2.05) is 30.3 Å². The molecule has 3 heterocycles. The third-order valence-electron chi connectivity index (χ3n) is 5.70. The summed E-state index contributed by atoms with van der Waals surface area (Å²) in [7, 11) is 1.56. The predicted octanol–water partition coefficient (Wildman–Crippen LogP) is 2.92. The third-order valence-corrected chi connectivity index (χ3v) is 8.11. The second kappa shape index (κ2) is 8.34. The van der Waals surface area contributed by atoms with Crippen LogP contribution in [0.15, 0.2) is 42.7 Å². The van der Waals surface area contributed by atoms with Crippen LogP contribution in [-0.2, 0) is 23.1 Å². The lowest BCUT2D eigenvalue weighted by molar-refractivity contribution is -0.124. The average molecular weight is 409 g/mol. The van der Waals surface area contributed by atoms with Gasteiger partial charge in [0.1, 0.15) is 0 Å². The molecule has 0 N–H and O–H groups in total. The van der Waals surface area contributed by atoms with E-state index in [0.29, 0.717) is 23.6 Å². The molecule has 6 nitrogen and oxygen atoms in total. The number of amides is 1. The second-order valence-electron chi connectivity index (χ2n) is 7.61. The van der Waals surface area contributed by atoms with E-state index in [1.165, 1.54) is 0 Å². The summed E-state index contributed by atoms with van der Waals surface area (Å²) in [6.07, 6.45) is 6.11. The molecular formula is C22H24N4O2S. The van der Waals surface area contributed by atoms with Crippen molar-refractivity contribution in [2.24, 2.45) is 18.9 Å². The van der Waals surface area contributed by atoms with Crippen molar-refractivity contribution in [2.75, 3.05) is 23.0 Å². The van der Waals surface area contributed by atoms with E-state index < -0.39 is 11.8 Å². The van der Waals surface area contributed by atoms with Crippen LogP contribution >= 0.6 is 10.5 Å². The molecule has 2 aliphatic heterocycles.